The molecule has 1 aliphatic heterocycles. The molecule has 0 atom stereocenters. The average Bonchev–Trinajstić information content (AvgIpc) is 2.38. The van der Waals surface area contributed by atoms with Crippen molar-refractivity contribution in [3.8, 4) is 0 Å². The van der Waals surface area contributed by atoms with Crippen LogP contribution in [0.2, 0.25) is 0 Å². The van der Waals surface area contributed by atoms with Gasteiger partial charge in [-0.3, -0.25) is 4.79 Å². The number of ketones is 1. The number of carbonyl (C=O) groups is 1. The molecule has 1 saturated heterocycles. The molecule has 0 radical (unpaired) electrons. The lowest BCUT2D eigenvalue weighted by atomic mass is 10.1. The highest BCUT2D eigenvalue weighted by atomic mass is 32.2. The van der Waals surface area contributed by atoms with Crippen molar-refractivity contribution in [3.63, 3.8) is 0 Å². The lowest BCUT2D eigenvalue weighted by Crippen LogP contribution is -2.20. The first-order valence-corrected chi connectivity index (χ1v) is 9.10. The fourth-order valence-corrected chi connectivity index (χ4v) is 3.67. The maximum absolute atomic E-state index is 11.7. The molecule has 1 aliphatic rings. The van der Waals surface area contributed by atoms with E-state index in [0.29, 0.717) is 31.0 Å². The van der Waals surface area contributed by atoms with Crippen molar-refractivity contribution in [2.24, 2.45) is 0 Å². The van der Waals surface area contributed by atoms with Gasteiger partial charge in [-0.1, -0.05) is 13.3 Å². The van der Waals surface area contributed by atoms with Crippen LogP contribution in [-0.2, 0) is 23.5 Å². The number of ether oxygens (including phenoxy) is 1. The number of carbonyl (C=O) groups excluding carboxylic acids is 2. The highest BCUT2D eigenvalue weighted by Crippen LogP contribution is 2.11. The molecule has 1 heterocycles. The largest absolute Gasteiger partial charge is 0.496 e. The summed E-state index contributed by atoms with van der Waals surface area (Å²) in [5.41, 5.74) is 0. The number of hydrogen-bond donors (Lipinski definition) is 0. The minimum atomic E-state index is -3.51. The van der Waals surface area contributed by atoms with Crippen molar-refractivity contribution in [2.45, 2.75) is 39.0 Å². The van der Waals surface area contributed by atoms with Crippen molar-refractivity contribution in [1.82, 2.24) is 0 Å². The van der Waals surface area contributed by atoms with Crippen LogP contribution in [0.4, 0.5) is 0 Å². The topological polar surface area (TPSA) is 71.7 Å². The Kier molecular flexibility index (Phi) is 7.63. The third-order valence-corrected chi connectivity index (χ3v) is 4.92. The number of hydrogen-bond acceptors (Lipinski definition) is 5. The van der Waals surface area contributed by atoms with Crippen LogP contribution in [0.25, 0.3) is 0 Å². The molecule has 0 spiro atoms. The van der Waals surface area contributed by atoms with Crippen LogP contribution >= 0.6 is 11.8 Å². The van der Waals surface area contributed by atoms with Gasteiger partial charge in [-0.15, -0.1) is 12.3 Å². The predicted octanol–water partition coefficient (Wildman–Crippen LogP) is 1.68. The second kappa shape index (κ2) is 8.71. The first-order chi connectivity index (χ1) is 9.03. The molecule has 0 aromatic carbocycles. The van der Waals surface area contributed by atoms with E-state index in [-0.39, 0.29) is 18.1 Å². The number of thioether (sulfide) groups is 1. The van der Waals surface area contributed by atoms with E-state index in [4.69, 9.17) is 8.61 Å². The summed E-state index contributed by atoms with van der Waals surface area (Å²) in [5, 5.41) is 0.424. The smallest absolute Gasteiger partial charge is 0.366 e. The van der Waals surface area contributed by atoms with E-state index in [0.717, 1.165) is 18.6 Å². The Morgan fingerprint density at radius 3 is 2.79 bits per heavy atom. The summed E-state index contributed by atoms with van der Waals surface area (Å²) in [6.45, 7) is 2.71. The second-order valence-electron chi connectivity index (χ2n) is 4.32. The zero-order chi connectivity index (χ0) is 14.1. The molecule has 1 rings (SSSR count). The van der Waals surface area contributed by atoms with E-state index in [9.17, 15) is 13.2 Å². The predicted molar refractivity (Wildman–Crippen MR) is 75.8 cm³/mol. The van der Waals surface area contributed by atoms with Gasteiger partial charge in [-0.25, -0.2) is 0 Å². The van der Waals surface area contributed by atoms with Crippen LogP contribution in [0.3, 0.4) is 0 Å². The molecule has 0 bridgehead atoms. The second-order valence-corrected chi connectivity index (χ2v) is 7.16. The number of unbranched alkanes of at least 4 members (excludes halogenated alkanes) is 2. The van der Waals surface area contributed by atoms with Gasteiger partial charge >= 0.3 is 15.2 Å². The van der Waals surface area contributed by atoms with Crippen molar-refractivity contribution in [2.75, 3.05) is 24.7 Å². The van der Waals surface area contributed by atoms with E-state index >= 15 is 0 Å². The van der Waals surface area contributed by atoms with Crippen molar-refractivity contribution in [1.29, 1.82) is 0 Å². The normalized spacial score (nSPS) is 18.7. The molecule has 0 aliphatic carbocycles. The van der Waals surface area contributed by atoms with Crippen molar-refractivity contribution in [3.05, 3.63) is 0 Å². The molecule has 110 valence electrons. The molecule has 0 aromatic heterocycles. The summed E-state index contributed by atoms with van der Waals surface area (Å²) in [6.07, 6.45) is 3.09. The molecule has 0 N–H and O–H groups in total. The lowest BCUT2D eigenvalue weighted by Gasteiger charge is -2.04. The molecule has 1 fully saturated rings. The van der Waals surface area contributed by atoms with E-state index in [1.165, 1.54) is 11.8 Å². The average molecular weight is 309 g/mol. The molecular weight excluding hydrogens is 288 g/mol. The SMILES string of the molecule is CCC(=O)CCCCCS(=O)(=O)[O+]=C1COCCS1. The van der Waals surface area contributed by atoms with E-state index < -0.39 is 10.1 Å². The molecule has 0 unspecified atom stereocenters. The summed E-state index contributed by atoms with van der Waals surface area (Å²) in [6, 6.07) is 0. The summed E-state index contributed by atoms with van der Waals surface area (Å²) >= 11 is 1.39. The third kappa shape index (κ3) is 7.69. The Bertz CT molecular complexity index is 406. The highest BCUT2D eigenvalue weighted by molar-refractivity contribution is 8.14. The van der Waals surface area contributed by atoms with Gasteiger partial charge in [0.25, 0.3) is 0 Å². The van der Waals surface area contributed by atoms with Gasteiger partial charge in [0.05, 0.1) is 6.61 Å². The summed E-state index contributed by atoms with van der Waals surface area (Å²) in [7, 11) is -3.51. The summed E-state index contributed by atoms with van der Waals surface area (Å²) in [4.78, 5) is 11.1. The van der Waals surface area contributed by atoms with Crippen LogP contribution in [0.15, 0.2) is 0 Å². The molecular formula is C12H21O5S2+. The van der Waals surface area contributed by atoms with Gasteiger partial charge < -0.3 is 4.74 Å². The fraction of sp³-hybridized carbons (Fsp3) is 0.833. The lowest BCUT2D eigenvalue weighted by molar-refractivity contribution is -0.267. The Hall–Kier alpha value is -0.400. The molecule has 0 amide bonds. The fourth-order valence-electron chi connectivity index (χ4n) is 1.60. The monoisotopic (exact) mass is 309 g/mol. The maximum Gasteiger partial charge on any atom is 0.496 e. The molecule has 0 aromatic rings. The Balaban J connectivity index is 2.25. The first kappa shape index (κ1) is 16.7. The Labute approximate surface area is 118 Å². The van der Waals surface area contributed by atoms with Crippen LogP contribution < -0.4 is 0 Å². The molecule has 7 heteroatoms. The van der Waals surface area contributed by atoms with E-state index in [2.05, 4.69) is 0 Å². The molecule has 0 saturated carbocycles. The van der Waals surface area contributed by atoms with E-state index in [1.807, 2.05) is 6.92 Å². The van der Waals surface area contributed by atoms with Gasteiger partial charge in [0, 0.05) is 18.6 Å². The zero-order valence-electron chi connectivity index (χ0n) is 11.2. The highest BCUT2D eigenvalue weighted by Gasteiger charge is 2.27. The van der Waals surface area contributed by atoms with Gasteiger partial charge in [0.2, 0.25) is 0 Å². The van der Waals surface area contributed by atoms with E-state index in [1.54, 1.807) is 0 Å². The van der Waals surface area contributed by atoms with Crippen LogP contribution in [0, 0.1) is 0 Å². The quantitative estimate of drug-likeness (QED) is 0.504. The number of rotatable bonds is 8. The van der Waals surface area contributed by atoms with Crippen molar-refractivity contribution >= 4 is 32.8 Å². The van der Waals surface area contributed by atoms with Crippen molar-refractivity contribution < 1.29 is 21.8 Å². The maximum atomic E-state index is 11.7. The van der Waals surface area contributed by atoms with Crippen LogP contribution in [-0.4, -0.2) is 44.0 Å². The van der Waals surface area contributed by atoms with Crippen LogP contribution in [0.5, 0.6) is 0 Å². The Morgan fingerprint density at radius 1 is 1.37 bits per heavy atom. The van der Waals surface area contributed by atoms with Gasteiger partial charge in [-0.05, 0) is 24.6 Å². The van der Waals surface area contributed by atoms with Crippen LogP contribution in [0.1, 0.15) is 39.0 Å². The molecule has 19 heavy (non-hydrogen) atoms. The third-order valence-electron chi connectivity index (χ3n) is 2.67. The first-order valence-electron chi connectivity index (χ1n) is 6.53. The minimum Gasteiger partial charge on any atom is -0.366 e. The summed E-state index contributed by atoms with van der Waals surface area (Å²) < 4.78 is 33.5. The zero-order valence-corrected chi connectivity index (χ0v) is 12.9. The van der Waals surface area contributed by atoms with Gasteiger partial charge in [-0.2, -0.15) is 0 Å². The molecule has 5 nitrogen and oxygen atoms in total. The Morgan fingerprint density at radius 2 is 2.16 bits per heavy atom. The van der Waals surface area contributed by atoms with Gasteiger partial charge in [0.15, 0.2) is 6.61 Å². The minimum absolute atomic E-state index is 0.00260. The summed E-state index contributed by atoms with van der Waals surface area (Å²) in [5.74, 6) is 0.951. The van der Waals surface area contributed by atoms with Gasteiger partial charge in [0.1, 0.15) is 11.5 Å². The standard InChI is InChI=1S/C12H21O5S2/c1-2-11(13)6-4-3-5-9-19(14,15)17-12-10-16-7-8-18-12/h2-10H2,1H3/q+1. The number of Topliss-reactive ketones (excluding diaryl/α,β-unsaturated/α-hetero) is 1.